The van der Waals surface area contributed by atoms with Gasteiger partial charge in [0.05, 0.1) is 24.5 Å². The third-order valence-electron chi connectivity index (χ3n) is 6.04. The van der Waals surface area contributed by atoms with Gasteiger partial charge in [0.1, 0.15) is 5.70 Å². The van der Waals surface area contributed by atoms with Gasteiger partial charge in [-0.15, -0.1) is 11.8 Å². The van der Waals surface area contributed by atoms with Gasteiger partial charge in [0.25, 0.3) is 0 Å². The summed E-state index contributed by atoms with van der Waals surface area (Å²) in [5, 5.41) is 19.6. The van der Waals surface area contributed by atoms with Crippen LogP contribution in [0.1, 0.15) is 19.4 Å². The largest absolute Gasteiger partial charge is 0.477 e. The number of anilines is 1. The highest BCUT2D eigenvalue weighted by molar-refractivity contribution is 7.99. The van der Waals surface area contributed by atoms with Gasteiger partial charge in [0.15, 0.2) is 0 Å². The van der Waals surface area contributed by atoms with Gasteiger partial charge >= 0.3 is 5.97 Å². The Bertz CT molecular complexity index is 925. The molecule has 0 unspecified atom stereocenters. The zero-order valence-electron chi connectivity index (χ0n) is 15.9. The molecule has 2 amide bonds. The third-order valence-corrected chi connectivity index (χ3v) is 7.08. The van der Waals surface area contributed by atoms with Crippen molar-refractivity contribution in [1.29, 1.82) is 0 Å². The van der Waals surface area contributed by atoms with E-state index in [1.54, 1.807) is 18.9 Å². The smallest absolute Gasteiger partial charge is 0.352 e. The van der Waals surface area contributed by atoms with Gasteiger partial charge in [-0.3, -0.25) is 9.59 Å². The van der Waals surface area contributed by atoms with Gasteiger partial charge in [-0.05, 0) is 36.3 Å². The molecular formula is C20H22N2O5S. The van der Waals surface area contributed by atoms with E-state index < -0.39 is 18.0 Å². The number of amides is 2. The lowest BCUT2D eigenvalue weighted by atomic mass is 9.78. The summed E-state index contributed by atoms with van der Waals surface area (Å²) in [6.07, 6.45) is -0.426. The summed E-state index contributed by atoms with van der Waals surface area (Å²) >= 11 is 1.50. The van der Waals surface area contributed by atoms with Crippen molar-refractivity contribution in [1.82, 2.24) is 4.90 Å². The van der Waals surface area contributed by atoms with E-state index in [1.807, 2.05) is 25.1 Å². The molecule has 1 aromatic rings. The molecule has 8 heteroatoms. The van der Waals surface area contributed by atoms with Gasteiger partial charge in [-0.25, -0.2) is 4.79 Å². The quantitative estimate of drug-likeness (QED) is 0.572. The van der Waals surface area contributed by atoms with Crippen molar-refractivity contribution < 1.29 is 24.6 Å². The normalized spacial score (nSPS) is 27.1. The number of fused-ring (bicyclic) bond motifs is 2. The average Bonchev–Trinajstić information content (AvgIpc) is 3.04. The number of likely N-dealkylation sites (N-methyl/N-ethyl adjacent to an activating group) is 1. The molecule has 1 aromatic carbocycles. The fourth-order valence-electron chi connectivity index (χ4n) is 4.53. The Balaban J connectivity index is 1.56. The first kappa shape index (κ1) is 19.0. The summed E-state index contributed by atoms with van der Waals surface area (Å²) in [7, 11) is 1.75. The molecule has 148 valence electrons. The van der Waals surface area contributed by atoms with Crippen molar-refractivity contribution in [2.24, 2.45) is 11.8 Å². The number of rotatable bonds is 5. The van der Waals surface area contributed by atoms with Crippen molar-refractivity contribution in [3.05, 3.63) is 35.0 Å². The van der Waals surface area contributed by atoms with Crippen LogP contribution in [0.25, 0.3) is 0 Å². The highest BCUT2D eigenvalue weighted by Crippen LogP contribution is 2.48. The Hall–Kier alpha value is -2.32. The molecule has 0 aromatic heterocycles. The van der Waals surface area contributed by atoms with E-state index in [-0.39, 0.29) is 29.5 Å². The minimum absolute atomic E-state index is 0.0583. The minimum atomic E-state index is -1.11. The maximum absolute atomic E-state index is 12.4. The van der Waals surface area contributed by atoms with E-state index in [4.69, 9.17) is 0 Å². The number of benzene rings is 1. The molecule has 0 bridgehead atoms. The van der Waals surface area contributed by atoms with Gasteiger partial charge in [0.2, 0.25) is 11.8 Å². The van der Waals surface area contributed by atoms with E-state index in [0.717, 1.165) is 16.1 Å². The molecule has 4 rings (SSSR count). The predicted molar refractivity (Wildman–Crippen MR) is 104 cm³/mol. The zero-order valence-corrected chi connectivity index (χ0v) is 16.7. The Labute approximate surface area is 167 Å². The first-order valence-electron chi connectivity index (χ1n) is 9.22. The topological polar surface area (TPSA) is 98.1 Å². The summed E-state index contributed by atoms with van der Waals surface area (Å²) in [5.74, 6) is -1.60. The second kappa shape index (κ2) is 6.63. The van der Waals surface area contributed by atoms with Crippen LogP contribution in [-0.2, 0) is 20.8 Å². The van der Waals surface area contributed by atoms with Crippen LogP contribution in [0.15, 0.2) is 34.4 Å². The molecule has 28 heavy (non-hydrogen) atoms. The Morgan fingerprint density at radius 1 is 1.36 bits per heavy atom. The van der Waals surface area contributed by atoms with Crippen LogP contribution in [0.4, 0.5) is 5.69 Å². The van der Waals surface area contributed by atoms with Crippen LogP contribution in [0.2, 0.25) is 0 Å². The van der Waals surface area contributed by atoms with Crippen molar-refractivity contribution in [2.45, 2.75) is 37.3 Å². The maximum Gasteiger partial charge on any atom is 0.352 e. The minimum Gasteiger partial charge on any atom is -0.477 e. The fraction of sp³-hybridized carbons (Fsp3) is 0.450. The molecule has 1 fully saturated rings. The van der Waals surface area contributed by atoms with Gasteiger partial charge in [-0.1, -0.05) is 6.92 Å². The Morgan fingerprint density at radius 3 is 2.71 bits per heavy atom. The molecule has 0 saturated carbocycles. The van der Waals surface area contributed by atoms with Crippen LogP contribution in [0.3, 0.4) is 0 Å². The highest BCUT2D eigenvalue weighted by atomic mass is 32.2. The fourth-order valence-corrected chi connectivity index (χ4v) is 5.64. The standard InChI is InChI=1S/C20H22N2O5S/c1-9-13(18(20(26)27)22-17(9)16(10(2)23)19(22)25)8-28-12-4-5-14-11(6-12)7-15(24)21(14)3/h4-6,9-10,16-17,23H,7-8H2,1-3H3,(H,26,27)/t9-,10+,16+,17+/m0/s1. The number of nitrogens with zero attached hydrogens (tertiary/aromatic N) is 2. The number of hydrogen-bond donors (Lipinski definition) is 2. The summed E-state index contributed by atoms with van der Waals surface area (Å²) in [6, 6.07) is 5.52. The molecule has 3 aliphatic heterocycles. The first-order valence-corrected chi connectivity index (χ1v) is 10.2. The molecule has 3 aliphatic rings. The van der Waals surface area contributed by atoms with E-state index in [1.165, 1.54) is 16.7 Å². The van der Waals surface area contributed by atoms with Gasteiger partial charge in [-0.2, -0.15) is 0 Å². The predicted octanol–water partition coefficient (Wildman–Crippen LogP) is 1.49. The van der Waals surface area contributed by atoms with Crippen molar-refractivity contribution in [3.8, 4) is 0 Å². The molecule has 0 radical (unpaired) electrons. The van der Waals surface area contributed by atoms with Crippen LogP contribution in [-0.4, -0.2) is 57.8 Å². The van der Waals surface area contributed by atoms with E-state index in [0.29, 0.717) is 17.7 Å². The summed E-state index contributed by atoms with van der Waals surface area (Å²) in [6.45, 7) is 3.49. The number of aliphatic carboxylic acids is 1. The van der Waals surface area contributed by atoms with Crippen molar-refractivity contribution >= 4 is 35.2 Å². The van der Waals surface area contributed by atoms with Crippen LogP contribution in [0, 0.1) is 11.8 Å². The number of carbonyl (C=O) groups excluding carboxylic acids is 2. The van der Waals surface area contributed by atoms with Crippen molar-refractivity contribution in [3.63, 3.8) is 0 Å². The average molecular weight is 402 g/mol. The monoisotopic (exact) mass is 402 g/mol. The number of β-lactam (4-membered cyclic amide) rings is 1. The molecule has 2 N–H and O–H groups in total. The molecule has 1 saturated heterocycles. The number of carbonyl (C=O) groups is 3. The Morgan fingerprint density at radius 2 is 2.07 bits per heavy atom. The molecule has 0 aliphatic carbocycles. The second-order valence-electron chi connectivity index (χ2n) is 7.64. The number of aliphatic hydroxyl groups is 1. The van der Waals surface area contributed by atoms with E-state index >= 15 is 0 Å². The zero-order chi connectivity index (χ0) is 20.3. The van der Waals surface area contributed by atoms with E-state index in [2.05, 4.69) is 0 Å². The number of carboxylic acid groups (broad SMARTS) is 1. The van der Waals surface area contributed by atoms with Crippen LogP contribution in [0.5, 0.6) is 0 Å². The lowest BCUT2D eigenvalue weighted by Gasteiger charge is -2.46. The molecular weight excluding hydrogens is 380 g/mol. The maximum atomic E-state index is 12.4. The molecule has 3 heterocycles. The van der Waals surface area contributed by atoms with Gasteiger partial charge in [0, 0.05) is 29.3 Å². The SMILES string of the molecule is C[C@@H](O)[C@H]1C(=O)N2C(C(=O)O)=C(CSc3ccc4c(c3)CC(=O)N4C)[C@H](C)[C@H]12. The number of aliphatic hydroxyl groups excluding tert-OH is 1. The van der Waals surface area contributed by atoms with Crippen LogP contribution >= 0.6 is 11.8 Å². The number of hydrogen-bond acceptors (Lipinski definition) is 5. The lowest BCUT2D eigenvalue weighted by Crippen LogP contribution is -2.63. The second-order valence-corrected chi connectivity index (χ2v) is 8.69. The molecule has 4 atom stereocenters. The molecule has 0 spiro atoms. The summed E-state index contributed by atoms with van der Waals surface area (Å²) < 4.78 is 0. The lowest BCUT2D eigenvalue weighted by molar-refractivity contribution is -0.163. The van der Waals surface area contributed by atoms with Crippen LogP contribution < -0.4 is 4.90 Å². The third kappa shape index (κ3) is 2.66. The van der Waals surface area contributed by atoms with Crippen molar-refractivity contribution in [2.75, 3.05) is 17.7 Å². The summed E-state index contributed by atoms with van der Waals surface area (Å²) in [4.78, 5) is 40.0. The highest BCUT2D eigenvalue weighted by Gasteiger charge is 2.59. The molecule has 7 nitrogen and oxygen atoms in total. The Kier molecular flexibility index (Phi) is 4.50. The van der Waals surface area contributed by atoms with E-state index in [9.17, 15) is 24.6 Å². The van der Waals surface area contributed by atoms with Gasteiger partial charge < -0.3 is 20.0 Å². The summed E-state index contributed by atoms with van der Waals surface area (Å²) in [5.41, 5.74) is 2.65. The number of thioether (sulfide) groups is 1. The first-order chi connectivity index (χ1) is 13.2. The number of carboxylic acids is 1.